The first-order valence-corrected chi connectivity index (χ1v) is 10.5. The number of fused-ring (bicyclic) bond motifs is 1. The highest BCUT2D eigenvalue weighted by Gasteiger charge is 2.53. The third-order valence-corrected chi connectivity index (χ3v) is 6.17. The van der Waals surface area contributed by atoms with E-state index < -0.39 is 17.7 Å². The lowest BCUT2D eigenvalue weighted by atomic mass is 9.78. The van der Waals surface area contributed by atoms with Gasteiger partial charge in [0.05, 0.1) is 18.4 Å². The van der Waals surface area contributed by atoms with E-state index in [1.54, 1.807) is 48.5 Å². The molecule has 1 aliphatic carbocycles. The van der Waals surface area contributed by atoms with E-state index in [4.69, 9.17) is 23.2 Å². The van der Waals surface area contributed by atoms with Gasteiger partial charge in [-0.2, -0.15) is 5.01 Å². The third kappa shape index (κ3) is 3.75. The topological polar surface area (TPSA) is 57.7 Å². The maximum atomic E-state index is 13.4. The van der Waals surface area contributed by atoms with Crippen LogP contribution in [0.25, 0.3) is 0 Å². The minimum Gasteiger partial charge on any atom is -0.272 e. The number of carbonyl (C=O) groups is 3. The van der Waals surface area contributed by atoms with Gasteiger partial charge in [-0.25, -0.2) is 5.01 Å². The van der Waals surface area contributed by atoms with Gasteiger partial charge >= 0.3 is 0 Å². The Balaban J connectivity index is 1.72. The number of rotatable bonds is 4. The maximum Gasteiger partial charge on any atom is 0.273 e. The number of halogens is 2. The monoisotopic (exact) mass is 442 g/mol. The molecule has 0 aromatic heterocycles. The molecule has 2 aliphatic rings. The molecular weight excluding hydrogens is 423 g/mol. The van der Waals surface area contributed by atoms with Gasteiger partial charge in [-0.3, -0.25) is 14.4 Å². The van der Waals surface area contributed by atoms with E-state index in [2.05, 4.69) is 0 Å². The van der Waals surface area contributed by atoms with Crippen LogP contribution in [0.4, 0.5) is 0 Å². The largest absolute Gasteiger partial charge is 0.273 e. The third-order valence-electron chi connectivity index (χ3n) is 5.66. The summed E-state index contributed by atoms with van der Waals surface area (Å²) in [6, 6.07) is 13.3. The minimum atomic E-state index is -0.451. The van der Waals surface area contributed by atoms with Crippen molar-refractivity contribution in [2.24, 2.45) is 17.8 Å². The van der Waals surface area contributed by atoms with Crippen LogP contribution in [0, 0.1) is 17.8 Å². The van der Waals surface area contributed by atoms with Crippen molar-refractivity contribution in [2.45, 2.75) is 19.9 Å². The maximum absolute atomic E-state index is 13.4. The van der Waals surface area contributed by atoms with Crippen molar-refractivity contribution in [3.05, 3.63) is 81.9 Å². The zero-order chi connectivity index (χ0) is 21.4. The highest BCUT2D eigenvalue weighted by molar-refractivity contribution is 6.30. The van der Waals surface area contributed by atoms with Crippen molar-refractivity contribution in [1.29, 1.82) is 0 Å². The van der Waals surface area contributed by atoms with Crippen molar-refractivity contribution < 1.29 is 14.4 Å². The van der Waals surface area contributed by atoms with Gasteiger partial charge in [-0.05, 0) is 54.3 Å². The lowest BCUT2D eigenvalue weighted by molar-refractivity contribution is -0.155. The van der Waals surface area contributed by atoms with Crippen LogP contribution in [0.2, 0.25) is 10.0 Å². The summed E-state index contributed by atoms with van der Waals surface area (Å²) >= 11 is 11.9. The number of hydrogen-bond acceptors (Lipinski definition) is 3. The van der Waals surface area contributed by atoms with E-state index in [1.807, 2.05) is 19.1 Å². The van der Waals surface area contributed by atoms with Gasteiger partial charge in [0, 0.05) is 15.6 Å². The van der Waals surface area contributed by atoms with E-state index in [-0.39, 0.29) is 24.3 Å². The standard InChI is InChI=1S/C23H20Cl2N2O3/c1-14-3-2-4-19-20(14)23(30)27(22(19)29)26(13-15-5-9-17(24)10-6-15)21(28)16-7-11-18(25)12-8-16/h2-3,5-12,14,19-20H,4,13H2,1H3/t14-,19-,20-/m1/s1. The molecule has 0 unspecified atom stereocenters. The van der Waals surface area contributed by atoms with Gasteiger partial charge in [0.25, 0.3) is 17.7 Å². The first-order chi connectivity index (χ1) is 14.4. The molecule has 1 fully saturated rings. The van der Waals surface area contributed by atoms with Gasteiger partial charge < -0.3 is 0 Å². The van der Waals surface area contributed by atoms with Crippen molar-refractivity contribution >= 4 is 40.9 Å². The molecule has 30 heavy (non-hydrogen) atoms. The van der Waals surface area contributed by atoms with Crippen LogP contribution in [-0.4, -0.2) is 27.7 Å². The molecule has 3 amide bonds. The Morgan fingerprint density at radius 3 is 2.20 bits per heavy atom. The molecule has 2 aromatic rings. The fourth-order valence-electron chi connectivity index (χ4n) is 4.11. The Bertz CT molecular complexity index is 1020. The van der Waals surface area contributed by atoms with Crippen LogP contribution in [0.1, 0.15) is 29.3 Å². The lowest BCUT2D eigenvalue weighted by Gasteiger charge is -2.31. The summed E-state index contributed by atoms with van der Waals surface area (Å²) < 4.78 is 0. The number of imide groups is 1. The molecule has 5 nitrogen and oxygen atoms in total. The molecule has 0 radical (unpaired) electrons. The van der Waals surface area contributed by atoms with Crippen LogP contribution in [-0.2, 0) is 16.1 Å². The second-order valence-electron chi connectivity index (χ2n) is 7.64. The van der Waals surface area contributed by atoms with Crippen molar-refractivity contribution in [1.82, 2.24) is 10.0 Å². The summed E-state index contributed by atoms with van der Waals surface area (Å²) in [5.41, 5.74) is 1.10. The molecule has 1 heterocycles. The summed E-state index contributed by atoms with van der Waals surface area (Å²) in [7, 11) is 0. The Hall–Kier alpha value is -2.63. The van der Waals surface area contributed by atoms with E-state index >= 15 is 0 Å². The molecule has 0 saturated carbocycles. The Morgan fingerprint density at radius 2 is 1.60 bits per heavy atom. The van der Waals surface area contributed by atoms with Crippen molar-refractivity contribution in [3.63, 3.8) is 0 Å². The van der Waals surface area contributed by atoms with Gasteiger partial charge in [0.1, 0.15) is 0 Å². The molecule has 4 rings (SSSR count). The second kappa shape index (κ2) is 8.25. The zero-order valence-corrected chi connectivity index (χ0v) is 17.8. The molecule has 7 heteroatoms. The average molecular weight is 443 g/mol. The van der Waals surface area contributed by atoms with Gasteiger partial charge in [-0.15, -0.1) is 0 Å². The molecule has 1 aliphatic heterocycles. The van der Waals surface area contributed by atoms with Crippen LogP contribution in [0.3, 0.4) is 0 Å². The summed E-state index contributed by atoms with van der Waals surface area (Å²) in [6.45, 7) is 1.99. The van der Waals surface area contributed by atoms with Gasteiger partial charge in [0.2, 0.25) is 0 Å². The number of carbonyl (C=O) groups excluding carboxylic acids is 3. The molecular formula is C23H20Cl2N2O3. The second-order valence-corrected chi connectivity index (χ2v) is 8.51. The molecule has 0 bridgehead atoms. The SMILES string of the molecule is C[C@@H]1C=CC[C@H]2C(=O)N(N(Cc3ccc(Cl)cc3)C(=O)c3ccc(Cl)cc3)C(=O)[C@H]12. The van der Waals surface area contributed by atoms with Crippen molar-refractivity contribution in [3.8, 4) is 0 Å². The highest BCUT2D eigenvalue weighted by atomic mass is 35.5. The lowest BCUT2D eigenvalue weighted by Crippen LogP contribution is -2.50. The fraction of sp³-hybridized carbons (Fsp3) is 0.261. The first kappa shape index (κ1) is 20.6. The Labute approximate surface area is 184 Å². The van der Waals surface area contributed by atoms with E-state index in [0.717, 1.165) is 10.6 Å². The quantitative estimate of drug-likeness (QED) is 0.506. The minimum absolute atomic E-state index is 0.0618. The van der Waals surface area contributed by atoms with E-state index in [0.29, 0.717) is 22.0 Å². The molecule has 2 aromatic carbocycles. The number of hydrazine groups is 1. The smallest absolute Gasteiger partial charge is 0.272 e. The number of benzene rings is 2. The summed E-state index contributed by atoms with van der Waals surface area (Å²) in [6.07, 6.45) is 4.39. The molecule has 154 valence electrons. The van der Waals surface area contributed by atoms with Gasteiger partial charge in [-0.1, -0.05) is 54.4 Å². The van der Waals surface area contributed by atoms with Gasteiger partial charge in [0.15, 0.2) is 0 Å². The number of nitrogens with zero attached hydrogens (tertiary/aromatic N) is 2. The fourth-order valence-corrected chi connectivity index (χ4v) is 4.36. The predicted molar refractivity (Wildman–Crippen MR) is 115 cm³/mol. The average Bonchev–Trinajstić information content (AvgIpc) is 2.99. The summed E-state index contributed by atoms with van der Waals surface area (Å²) in [4.78, 5) is 39.9. The highest BCUT2D eigenvalue weighted by Crippen LogP contribution is 2.39. The van der Waals surface area contributed by atoms with Crippen molar-refractivity contribution in [2.75, 3.05) is 0 Å². The Kier molecular flexibility index (Phi) is 5.67. The van der Waals surface area contributed by atoms with Crippen LogP contribution in [0.15, 0.2) is 60.7 Å². The molecule has 3 atom stereocenters. The normalized spacial score (nSPS) is 22.9. The Morgan fingerprint density at radius 1 is 1.00 bits per heavy atom. The van der Waals surface area contributed by atoms with Crippen LogP contribution >= 0.6 is 23.2 Å². The summed E-state index contributed by atoms with van der Waals surface area (Å²) in [5.74, 6) is -2.07. The zero-order valence-electron chi connectivity index (χ0n) is 16.3. The van der Waals surface area contributed by atoms with E-state index in [1.165, 1.54) is 5.01 Å². The molecule has 1 saturated heterocycles. The van der Waals surface area contributed by atoms with Crippen LogP contribution < -0.4 is 0 Å². The number of amides is 3. The number of allylic oxidation sites excluding steroid dienone is 2. The molecule has 0 N–H and O–H groups in total. The molecule has 0 spiro atoms. The van der Waals surface area contributed by atoms with E-state index in [9.17, 15) is 14.4 Å². The van der Waals surface area contributed by atoms with Crippen LogP contribution in [0.5, 0.6) is 0 Å². The number of hydrogen-bond donors (Lipinski definition) is 0. The first-order valence-electron chi connectivity index (χ1n) is 9.73. The summed E-state index contributed by atoms with van der Waals surface area (Å²) in [5, 5.41) is 3.34. The predicted octanol–water partition coefficient (Wildman–Crippen LogP) is 4.75.